The first-order valence-corrected chi connectivity index (χ1v) is 7.40. The SMILES string of the molecule is O=C(C1CCN(c2ccc(Cl)cc2)C1=O)N1CCCC1. The summed E-state index contributed by atoms with van der Waals surface area (Å²) < 4.78 is 0. The van der Waals surface area contributed by atoms with Gasteiger partial charge >= 0.3 is 0 Å². The van der Waals surface area contributed by atoms with E-state index in [1.54, 1.807) is 17.0 Å². The standard InChI is InChI=1S/C15H17ClN2O2/c16-11-3-5-12(6-4-11)18-10-7-13(15(18)20)14(19)17-8-1-2-9-17/h3-6,13H,1-2,7-10H2. The summed E-state index contributed by atoms with van der Waals surface area (Å²) in [7, 11) is 0. The van der Waals surface area contributed by atoms with E-state index < -0.39 is 5.92 Å². The van der Waals surface area contributed by atoms with Crippen LogP contribution in [0.3, 0.4) is 0 Å². The number of carbonyl (C=O) groups is 2. The van der Waals surface area contributed by atoms with Crippen molar-refractivity contribution in [1.29, 1.82) is 0 Å². The third-order valence-electron chi connectivity index (χ3n) is 4.06. The number of benzene rings is 1. The van der Waals surface area contributed by atoms with Crippen LogP contribution < -0.4 is 4.90 Å². The third kappa shape index (κ3) is 2.40. The number of anilines is 1. The van der Waals surface area contributed by atoms with Crippen molar-refractivity contribution >= 4 is 29.1 Å². The molecule has 4 nitrogen and oxygen atoms in total. The van der Waals surface area contributed by atoms with E-state index in [9.17, 15) is 9.59 Å². The Balaban J connectivity index is 1.73. The van der Waals surface area contributed by atoms with E-state index in [-0.39, 0.29) is 11.8 Å². The number of hydrogen-bond donors (Lipinski definition) is 0. The van der Waals surface area contributed by atoms with Gasteiger partial charge in [-0.25, -0.2) is 0 Å². The van der Waals surface area contributed by atoms with Crippen molar-refractivity contribution in [2.24, 2.45) is 5.92 Å². The summed E-state index contributed by atoms with van der Waals surface area (Å²) in [6.45, 7) is 2.19. The second-order valence-electron chi connectivity index (χ2n) is 5.34. The Kier molecular flexibility index (Phi) is 3.66. The second-order valence-corrected chi connectivity index (χ2v) is 5.78. The first-order chi connectivity index (χ1) is 9.66. The summed E-state index contributed by atoms with van der Waals surface area (Å²) in [6.07, 6.45) is 2.71. The maximum absolute atomic E-state index is 12.4. The van der Waals surface area contributed by atoms with Crippen LogP contribution in [0.5, 0.6) is 0 Å². The molecule has 0 aliphatic carbocycles. The van der Waals surface area contributed by atoms with Crippen molar-refractivity contribution < 1.29 is 9.59 Å². The van der Waals surface area contributed by atoms with Crippen molar-refractivity contribution in [2.45, 2.75) is 19.3 Å². The molecule has 0 radical (unpaired) electrons. The zero-order valence-electron chi connectivity index (χ0n) is 11.2. The summed E-state index contributed by atoms with van der Waals surface area (Å²) in [6, 6.07) is 7.17. The van der Waals surface area contributed by atoms with Crippen molar-refractivity contribution in [3.63, 3.8) is 0 Å². The van der Waals surface area contributed by atoms with Gasteiger partial charge in [-0.15, -0.1) is 0 Å². The molecule has 2 aliphatic rings. The van der Waals surface area contributed by atoms with E-state index in [1.807, 2.05) is 17.0 Å². The van der Waals surface area contributed by atoms with Crippen LogP contribution in [0.15, 0.2) is 24.3 Å². The quantitative estimate of drug-likeness (QED) is 0.785. The van der Waals surface area contributed by atoms with E-state index in [2.05, 4.69) is 0 Å². The van der Waals surface area contributed by atoms with E-state index in [1.165, 1.54) is 0 Å². The van der Waals surface area contributed by atoms with Gasteiger partial charge in [0, 0.05) is 30.3 Å². The van der Waals surface area contributed by atoms with Gasteiger partial charge in [0.2, 0.25) is 11.8 Å². The average molecular weight is 293 g/mol. The summed E-state index contributed by atoms with van der Waals surface area (Å²) in [5.74, 6) is -0.572. The van der Waals surface area contributed by atoms with Crippen LogP contribution in [0.4, 0.5) is 5.69 Å². The van der Waals surface area contributed by atoms with Gasteiger partial charge in [-0.2, -0.15) is 0 Å². The molecule has 3 rings (SSSR count). The van der Waals surface area contributed by atoms with E-state index in [0.29, 0.717) is 18.0 Å². The molecule has 5 heteroatoms. The Labute approximate surface area is 123 Å². The molecule has 0 aromatic heterocycles. The zero-order chi connectivity index (χ0) is 14.1. The minimum Gasteiger partial charge on any atom is -0.342 e. The van der Waals surface area contributed by atoms with Crippen molar-refractivity contribution in [2.75, 3.05) is 24.5 Å². The summed E-state index contributed by atoms with van der Waals surface area (Å²) in [5.41, 5.74) is 0.816. The lowest BCUT2D eigenvalue weighted by molar-refractivity contribution is -0.139. The highest BCUT2D eigenvalue weighted by Gasteiger charge is 2.40. The van der Waals surface area contributed by atoms with Crippen LogP contribution >= 0.6 is 11.6 Å². The van der Waals surface area contributed by atoms with Gasteiger partial charge in [-0.1, -0.05) is 11.6 Å². The summed E-state index contributed by atoms with van der Waals surface area (Å²) in [5, 5.41) is 0.644. The number of halogens is 1. The maximum atomic E-state index is 12.4. The molecule has 2 fully saturated rings. The molecule has 2 amide bonds. The van der Waals surface area contributed by atoms with Gasteiger partial charge in [0.1, 0.15) is 5.92 Å². The molecule has 2 saturated heterocycles. The molecule has 1 aromatic carbocycles. The average Bonchev–Trinajstić information content (AvgIpc) is 3.09. The third-order valence-corrected chi connectivity index (χ3v) is 4.31. The lowest BCUT2D eigenvalue weighted by Crippen LogP contribution is -2.38. The number of hydrogen-bond acceptors (Lipinski definition) is 2. The second kappa shape index (κ2) is 5.44. The van der Waals surface area contributed by atoms with Crippen molar-refractivity contribution in [3.05, 3.63) is 29.3 Å². The summed E-state index contributed by atoms with van der Waals surface area (Å²) >= 11 is 5.86. The molecule has 0 saturated carbocycles. The molecule has 2 heterocycles. The van der Waals surface area contributed by atoms with Gasteiger partial charge in [0.15, 0.2) is 0 Å². The molecular formula is C15H17ClN2O2. The fraction of sp³-hybridized carbons (Fsp3) is 0.467. The van der Waals surface area contributed by atoms with Crippen LogP contribution in [0.1, 0.15) is 19.3 Å². The van der Waals surface area contributed by atoms with Crippen molar-refractivity contribution in [1.82, 2.24) is 4.90 Å². The highest BCUT2D eigenvalue weighted by Crippen LogP contribution is 2.28. The van der Waals surface area contributed by atoms with Crippen LogP contribution in [0.25, 0.3) is 0 Å². The molecule has 1 atom stereocenters. The van der Waals surface area contributed by atoms with Gasteiger partial charge in [-0.3, -0.25) is 9.59 Å². The Hall–Kier alpha value is -1.55. The Bertz CT molecular complexity index is 523. The number of likely N-dealkylation sites (tertiary alicyclic amines) is 1. The minimum absolute atomic E-state index is 0.00367. The van der Waals surface area contributed by atoms with E-state index in [4.69, 9.17) is 11.6 Å². The molecule has 0 N–H and O–H groups in total. The normalized spacial score (nSPS) is 22.6. The lowest BCUT2D eigenvalue weighted by Gasteiger charge is -2.20. The van der Waals surface area contributed by atoms with E-state index >= 15 is 0 Å². The lowest BCUT2D eigenvalue weighted by atomic mass is 10.1. The molecule has 0 bridgehead atoms. The first kappa shape index (κ1) is 13.4. The Morgan fingerprint density at radius 2 is 1.75 bits per heavy atom. The smallest absolute Gasteiger partial charge is 0.239 e. The highest BCUT2D eigenvalue weighted by atomic mass is 35.5. The Morgan fingerprint density at radius 3 is 2.40 bits per heavy atom. The number of nitrogens with zero attached hydrogens (tertiary/aromatic N) is 2. The van der Waals surface area contributed by atoms with Crippen LogP contribution in [0.2, 0.25) is 5.02 Å². The maximum Gasteiger partial charge on any atom is 0.239 e. The number of amides is 2. The predicted molar refractivity (Wildman–Crippen MR) is 77.7 cm³/mol. The van der Waals surface area contributed by atoms with Crippen LogP contribution in [-0.2, 0) is 9.59 Å². The molecule has 1 unspecified atom stereocenters. The molecule has 20 heavy (non-hydrogen) atoms. The van der Waals surface area contributed by atoms with Gasteiger partial charge in [0.25, 0.3) is 0 Å². The fourth-order valence-corrected chi connectivity index (χ4v) is 3.07. The summed E-state index contributed by atoms with van der Waals surface area (Å²) in [4.78, 5) is 28.3. The van der Waals surface area contributed by atoms with E-state index in [0.717, 1.165) is 31.6 Å². The monoisotopic (exact) mass is 292 g/mol. The molecule has 1 aromatic rings. The molecule has 0 spiro atoms. The van der Waals surface area contributed by atoms with Gasteiger partial charge < -0.3 is 9.80 Å². The number of carbonyl (C=O) groups excluding carboxylic acids is 2. The van der Waals surface area contributed by atoms with Gasteiger partial charge in [-0.05, 0) is 43.5 Å². The zero-order valence-corrected chi connectivity index (χ0v) is 12.0. The van der Waals surface area contributed by atoms with Gasteiger partial charge in [0.05, 0.1) is 0 Å². The molecule has 106 valence electrons. The largest absolute Gasteiger partial charge is 0.342 e. The predicted octanol–water partition coefficient (Wildman–Crippen LogP) is 2.32. The number of rotatable bonds is 2. The van der Waals surface area contributed by atoms with Crippen LogP contribution in [-0.4, -0.2) is 36.3 Å². The highest BCUT2D eigenvalue weighted by molar-refractivity contribution is 6.30. The van der Waals surface area contributed by atoms with Crippen molar-refractivity contribution in [3.8, 4) is 0 Å². The van der Waals surface area contributed by atoms with Crippen LogP contribution in [0, 0.1) is 5.92 Å². The Morgan fingerprint density at radius 1 is 1.10 bits per heavy atom. The fourth-order valence-electron chi connectivity index (χ4n) is 2.94. The first-order valence-electron chi connectivity index (χ1n) is 7.02. The molecular weight excluding hydrogens is 276 g/mol. The minimum atomic E-state index is -0.497. The topological polar surface area (TPSA) is 40.6 Å². The molecule has 2 aliphatic heterocycles.